The number of hydrogen-bond donors (Lipinski definition) is 1. The van der Waals surface area contributed by atoms with Crippen LogP contribution >= 0.6 is 23.4 Å². The fraction of sp³-hybridized carbons (Fsp3) is 0.130. The van der Waals surface area contributed by atoms with Crippen molar-refractivity contribution in [3.8, 4) is 0 Å². The SMILES string of the molecule is Cc1cc(C(=O)Nc2cccc(Cl)c2)ccc1N1C(=O)CSC1c1ccc(F)cc1. The number of carbonyl (C=O) groups excluding carboxylic acids is 2. The van der Waals surface area contributed by atoms with Gasteiger partial charge in [0.15, 0.2) is 0 Å². The van der Waals surface area contributed by atoms with Crippen molar-refractivity contribution in [2.45, 2.75) is 12.3 Å². The molecule has 4 nitrogen and oxygen atoms in total. The van der Waals surface area contributed by atoms with Gasteiger partial charge < -0.3 is 5.32 Å². The van der Waals surface area contributed by atoms with Crippen LogP contribution < -0.4 is 10.2 Å². The maximum Gasteiger partial charge on any atom is 0.255 e. The molecular formula is C23H18ClFN2O2S. The van der Waals surface area contributed by atoms with Crippen molar-refractivity contribution in [2.24, 2.45) is 0 Å². The lowest BCUT2D eigenvalue weighted by Crippen LogP contribution is -2.28. The normalized spacial score (nSPS) is 16.0. The van der Waals surface area contributed by atoms with Gasteiger partial charge >= 0.3 is 0 Å². The van der Waals surface area contributed by atoms with Crippen LogP contribution in [0.1, 0.15) is 26.9 Å². The third kappa shape index (κ3) is 4.20. The number of benzene rings is 3. The van der Waals surface area contributed by atoms with Crippen LogP contribution in [0.4, 0.5) is 15.8 Å². The molecule has 1 saturated heterocycles. The molecule has 1 aliphatic heterocycles. The van der Waals surface area contributed by atoms with E-state index in [1.807, 2.05) is 6.92 Å². The first kappa shape index (κ1) is 20.4. The Morgan fingerprint density at radius 1 is 1.13 bits per heavy atom. The molecule has 1 aliphatic rings. The van der Waals surface area contributed by atoms with E-state index in [1.165, 1.54) is 23.9 Å². The summed E-state index contributed by atoms with van der Waals surface area (Å²) in [6.45, 7) is 1.86. The van der Waals surface area contributed by atoms with E-state index in [2.05, 4.69) is 5.32 Å². The van der Waals surface area contributed by atoms with Crippen LogP contribution in [-0.4, -0.2) is 17.6 Å². The van der Waals surface area contributed by atoms with E-state index in [0.717, 1.165) is 16.8 Å². The number of aryl methyl sites for hydroxylation is 1. The highest BCUT2D eigenvalue weighted by atomic mass is 35.5. The molecule has 1 atom stereocenters. The second kappa shape index (κ2) is 8.50. The number of anilines is 2. The molecule has 1 N–H and O–H groups in total. The monoisotopic (exact) mass is 440 g/mol. The topological polar surface area (TPSA) is 49.4 Å². The van der Waals surface area contributed by atoms with Gasteiger partial charge in [-0.05, 0) is 66.6 Å². The second-order valence-electron chi connectivity index (χ2n) is 6.94. The van der Waals surface area contributed by atoms with Gasteiger partial charge in [-0.25, -0.2) is 4.39 Å². The molecule has 4 rings (SSSR count). The molecule has 2 amide bonds. The van der Waals surface area contributed by atoms with Gasteiger partial charge in [-0.3, -0.25) is 14.5 Å². The lowest BCUT2D eigenvalue weighted by atomic mass is 10.1. The van der Waals surface area contributed by atoms with Crippen LogP contribution in [0.2, 0.25) is 5.02 Å². The molecule has 0 spiro atoms. The minimum atomic E-state index is -0.314. The standard InChI is InChI=1S/C23H18ClFN2O2S/c1-14-11-16(22(29)26-19-4-2-3-17(24)12-19)7-10-20(14)27-21(28)13-30-23(27)15-5-8-18(25)9-6-15/h2-12,23H,13H2,1H3,(H,26,29). The molecule has 0 saturated carbocycles. The number of amides is 2. The van der Waals surface area contributed by atoms with Crippen LogP contribution in [-0.2, 0) is 4.79 Å². The number of halogens is 2. The van der Waals surface area contributed by atoms with Gasteiger partial charge in [0.25, 0.3) is 5.91 Å². The Bertz CT molecular complexity index is 1120. The second-order valence-corrected chi connectivity index (χ2v) is 8.45. The first-order valence-corrected chi connectivity index (χ1v) is 10.7. The Morgan fingerprint density at radius 3 is 2.60 bits per heavy atom. The molecule has 1 heterocycles. The molecule has 0 radical (unpaired) electrons. The first-order chi connectivity index (χ1) is 14.4. The van der Waals surface area contributed by atoms with Crippen molar-refractivity contribution in [1.82, 2.24) is 0 Å². The summed E-state index contributed by atoms with van der Waals surface area (Å²) in [5, 5.41) is 3.13. The molecule has 152 valence electrons. The van der Waals surface area contributed by atoms with Crippen molar-refractivity contribution in [1.29, 1.82) is 0 Å². The zero-order chi connectivity index (χ0) is 21.3. The Hall–Kier alpha value is -2.83. The van der Waals surface area contributed by atoms with Crippen molar-refractivity contribution in [3.05, 3.63) is 94.3 Å². The van der Waals surface area contributed by atoms with Gasteiger partial charge in [0.2, 0.25) is 5.91 Å². The van der Waals surface area contributed by atoms with Gasteiger partial charge in [0, 0.05) is 22.0 Å². The Kier molecular flexibility index (Phi) is 5.79. The number of rotatable bonds is 4. The van der Waals surface area contributed by atoms with Crippen LogP contribution in [0.15, 0.2) is 66.7 Å². The Morgan fingerprint density at radius 2 is 1.90 bits per heavy atom. The van der Waals surface area contributed by atoms with Crippen molar-refractivity contribution < 1.29 is 14.0 Å². The highest BCUT2D eigenvalue weighted by molar-refractivity contribution is 8.00. The van der Waals surface area contributed by atoms with Gasteiger partial charge in [0.05, 0.1) is 5.75 Å². The summed E-state index contributed by atoms with van der Waals surface area (Å²) >= 11 is 7.46. The fourth-order valence-corrected chi connectivity index (χ4v) is 4.75. The maximum absolute atomic E-state index is 13.3. The molecule has 3 aromatic rings. The van der Waals surface area contributed by atoms with Crippen LogP contribution in [0.25, 0.3) is 0 Å². The van der Waals surface area contributed by atoms with Crippen LogP contribution in [0.3, 0.4) is 0 Å². The van der Waals surface area contributed by atoms with Crippen LogP contribution in [0, 0.1) is 12.7 Å². The molecule has 3 aromatic carbocycles. The van der Waals surface area contributed by atoms with E-state index in [4.69, 9.17) is 11.6 Å². The fourth-order valence-electron chi connectivity index (χ4n) is 3.39. The van der Waals surface area contributed by atoms with Gasteiger partial charge in [-0.2, -0.15) is 0 Å². The minimum Gasteiger partial charge on any atom is -0.322 e. The Balaban J connectivity index is 1.59. The summed E-state index contributed by atoms with van der Waals surface area (Å²) < 4.78 is 13.3. The predicted molar refractivity (Wildman–Crippen MR) is 120 cm³/mol. The third-order valence-corrected chi connectivity index (χ3v) is 6.27. The third-order valence-electron chi connectivity index (χ3n) is 4.82. The molecule has 1 fully saturated rings. The number of hydrogen-bond acceptors (Lipinski definition) is 3. The zero-order valence-electron chi connectivity index (χ0n) is 16.1. The summed E-state index contributed by atoms with van der Waals surface area (Å²) in [6.07, 6.45) is 0. The molecule has 30 heavy (non-hydrogen) atoms. The van der Waals surface area contributed by atoms with Crippen molar-refractivity contribution >= 4 is 46.6 Å². The van der Waals surface area contributed by atoms with Crippen molar-refractivity contribution in [3.63, 3.8) is 0 Å². The highest BCUT2D eigenvalue weighted by Crippen LogP contribution is 2.42. The maximum atomic E-state index is 13.3. The molecule has 0 aliphatic carbocycles. The van der Waals surface area contributed by atoms with Crippen molar-refractivity contribution in [2.75, 3.05) is 16.0 Å². The molecule has 0 bridgehead atoms. The largest absolute Gasteiger partial charge is 0.322 e. The molecule has 7 heteroatoms. The summed E-state index contributed by atoms with van der Waals surface area (Å²) in [6, 6.07) is 18.3. The van der Waals surface area contributed by atoms with E-state index in [9.17, 15) is 14.0 Å². The van der Waals surface area contributed by atoms with E-state index >= 15 is 0 Å². The quantitative estimate of drug-likeness (QED) is 0.556. The lowest BCUT2D eigenvalue weighted by molar-refractivity contribution is -0.115. The summed E-state index contributed by atoms with van der Waals surface area (Å²) in [5.74, 6) is -0.248. The zero-order valence-corrected chi connectivity index (χ0v) is 17.6. The van der Waals surface area contributed by atoms with Gasteiger partial charge in [0.1, 0.15) is 11.2 Å². The van der Waals surface area contributed by atoms with E-state index in [0.29, 0.717) is 22.0 Å². The van der Waals surface area contributed by atoms with E-state index in [1.54, 1.807) is 59.5 Å². The molecule has 0 aromatic heterocycles. The highest BCUT2D eigenvalue weighted by Gasteiger charge is 2.34. The molecular weight excluding hydrogens is 423 g/mol. The minimum absolute atomic E-state index is 0.0199. The molecule has 1 unspecified atom stereocenters. The summed E-state index contributed by atoms with van der Waals surface area (Å²) in [5.41, 5.74) is 3.48. The van der Waals surface area contributed by atoms with Gasteiger partial charge in [-0.15, -0.1) is 11.8 Å². The number of thioether (sulfide) groups is 1. The average Bonchev–Trinajstić information content (AvgIpc) is 3.09. The summed E-state index contributed by atoms with van der Waals surface area (Å²) in [7, 11) is 0. The average molecular weight is 441 g/mol. The number of nitrogens with one attached hydrogen (secondary N) is 1. The van der Waals surface area contributed by atoms with E-state index in [-0.39, 0.29) is 23.0 Å². The smallest absolute Gasteiger partial charge is 0.255 e. The predicted octanol–water partition coefficient (Wildman–Crippen LogP) is 5.82. The first-order valence-electron chi connectivity index (χ1n) is 9.29. The van der Waals surface area contributed by atoms with Crippen LogP contribution in [0.5, 0.6) is 0 Å². The Labute approximate surface area is 183 Å². The number of nitrogens with zero attached hydrogens (tertiary/aromatic N) is 1. The van der Waals surface area contributed by atoms with E-state index < -0.39 is 0 Å². The summed E-state index contributed by atoms with van der Waals surface area (Å²) in [4.78, 5) is 26.9. The van der Waals surface area contributed by atoms with Gasteiger partial charge in [-0.1, -0.05) is 29.8 Å². The lowest BCUT2D eigenvalue weighted by Gasteiger charge is -2.26. The number of carbonyl (C=O) groups is 2.